The number of nitrogens with zero attached hydrogens (tertiary/aromatic N) is 2. The van der Waals surface area contributed by atoms with Crippen molar-refractivity contribution in [3.8, 4) is 5.88 Å². The summed E-state index contributed by atoms with van der Waals surface area (Å²) in [7, 11) is 1.80. The Morgan fingerprint density at radius 1 is 1.40 bits per heavy atom. The first-order chi connectivity index (χ1) is 9.65. The van der Waals surface area contributed by atoms with Crippen LogP contribution in [0.15, 0.2) is 12.1 Å². The molecule has 0 bridgehead atoms. The Hall–Kier alpha value is -1.49. The number of nitrogen functional groups attached to an aromatic ring is 1. The van der Waals surface area contributed by atoms with Gasteiger partial charge < -0.3 is 20.1 Å². The molecule has 20 heavy (non-hydrogen) atoms. The SMILES string of the molecule is CCCOc1nc(N2CC3(CC(OC)C3)C2)ccc1N. The fourth-order valence-electron chi connectivity index (χ4n) is 3.19. The van der Waals surface area contributed by atoms with Crippen LogP contribution in [0.1, 0.15) is 26.2 Å². The number of anilines is 2. The molecule has 0 aromatic carbocycles. The van der Waals surface area contributed by atoms with E-state index in [0.29, 0.717) is 29.7 Å². The molecule has 1 aromatic rings. The summed E-state index contributed by atoms with van der Waals surface area (Å²) in [5.41, 5.74) is 6.97. The van der Waals surface area contributed by atoms with Crippen LogP contribution in [0.5, 0.6) is 5.88 Å². The van der Waals surface area contributed by atoms with E-state index in [1.54, 1.807) is 7.11 Å². The molecule has 3 rings (SSSR count). The van der Waals surface area contributed by atoms with Crippen molar-refractivity contribution in [2.75, 3.05) is 37.4 Å². The monoisotopic (exact) mass is 277 g/mol. The van der Waals surface area contributed by atoms with Crippen LogP contribution in [0.2, 0.25) is 0 Å². The molecule has 2 N–H and O–H groups in total. The lowest BCUT2D eigenvalue weighted by Gasteiger charge is -2.59. The maximum atomic E-state index is 5.89. The minimum absolute atomic E-state index is 0.458. The lowest BCUT2D eigenvalue weighted by Crippen LogP contribution is -2.64. The standard InChI is InChI=1S/C15H23N3O2/c1-3-6-20-14-12(16)4-5-13(17-14)18-9-15(10-18)7-11(8-15)19-2/h4-5,11H,3,6-10,16H2,1-2H3. The highest BCUT2D eigenvalue weighted by Gasteiger charge is 2.52. The number of methoxy groups -OCH3 is 1. The van der Waals surface area contributed by atoms with Gasteiger partial charge >= 0.3 is 0 Å². The van der Waals surface area contributed by atoms with Crippen molar-refractivity contribution in [1.82, 2.24) is 4.98 Å². The zero-order valence-electron chi connectivity index (χ0n) is 12.3. The van der Waals surface area contributed by atoms with Crippen LogP contribution in [-0.2, 0) is 4.74 Å². The van der Waals surface area contributed by atoms with E-state index < -0.39 is 0 Å². The van der Waals surface area contributed by atoms with E-state index >= 15 is 0 Å². The van der Waals surface area contributed by atoms with Crippen LogP contribution >= 0.6 is 0 Å². The van der Waals surface area contributed by atoms with E-state index in [0.717, 1.165) is 25.3 Å². The second kappa shape index (κ2) is 5.13. The number of aromatic nitrogens is 1. The Bertz CT molecular complexity index is 478. The summed E-state index contributed by atoms with van der Waals surface area (Å²) in [6.07, 6.45) is 3.76. The number of rotatable bonds is 5. The average Bonchev–Trinajstić information content (AvgIpc) is 2.36. The lowest BCUT2D eigenvalue weighted by molar-refractivity contribution is -0.0733. The molecule has 2 heterocycles. The predicted octanol–water partition coefficient (Wildman–Crippen LogP) is 2.07. The van der Waals surface area contributed by atoms with Crippen molar-refractivity contribution in [3.63, 3.8) is 0 Å². The predicted molar refractivity (Wildman–Crippen MR) is 79.1 cm³/mol. The molecular weight excluding hydrogens is 254 g/mol. The van der Waals surface area contributed by atoms with Gasteiger partial charge in [0.25, 0.3) is 0 Å². The molecule has 0 unspecified atom stereocenters. The lowest BCUT2D eigenvalue weighted by atomic mass is 9.62. The highest BCUT2D eigenvalue weighted by atomic mass is 16.5. The van der Waals surface area contributed by atoms with Gasteiger partial charge in [-0.1, -0.05) is 6.92 Å². The third-order valence-corrected chi connectivity index (χ3v) is 4.35. The molecule has 1 aliphatic heterocycles. The van der Waals surface area contributed by atoms with Crippen LogP contribution in [0.25, 0.3) is 0 Å². The van der Waals surface area contributed by atoms with Crippen molar-refractivity contribution < 1.29 is 9.47 Å². The number of hydrogen-bond donors (Lipinski definition) is 1. The molecule has 5 nitrogen and oxygen atoms in total. The summed E-state index contributed by atoms with van der Waals surface area (Å²) in [6, 6.07) is 3.87. The first-order valence-corrected chi connectivity index (χ1v) is 7.33. The quantitative estimate of drug-likeness (QED) is 0.892. The second-order valence-electron chi connectivity index (χ2n) is 6.03. The van der Waals surface area contributed by atoms with Crippen molar-refractivity contribution in [1.29, 1.82) is 0 Å². The summed E-state index contributed by atoms with van der Waals surface area (Å²) in [6.45, 7) is 4.86. The summed E-state index contributed by atoms with van der Waals surface area (Å²) in [4.78, 5) is 6.84. The number of ether oxygens (including phenoxy) is 2. The summed E-state index contributed by atoms with van der Waals surface area (Å²) < 4.78 is 11.0. The molecule has 0 radical (unpaired) electrons. The summed E-state index contributed by atoms with van der Waals surface area (Å²) >= 11 is 0. The molecule has 1 saturated carbocycles. The molecule has 5 heteroatoms. The average molecular weight is 277 g/mol. The molecule has 2 aliphatic rings. The number of nitrogens with two attached hydrogens (primary N) is 1. The first-order valence-electron chi connectivity index (χ1n) is 7.33. The van der Waals surface area contributed by atoms with Crippen LogP contribution in [0.3, 0.4) is 0 Å². The molecule has 1 spiro atoms. The first kappa shape index (κ1) is 13.5. The summed E-state index contributed by atoms with van der Waals surface area (Å²) in [5, 5.41) is 0. The molecule has 110 valence electrons. The van der Waals surface area contributed by atoms with Crippen molar-refractivity contribution in [2.24, 2.45) is 5.41 Å². The Morgan fingerprint density at radius 2 is 2.15 bits per heavy atom. The van der Waals surface area contributed by atoms with Crippen LogP contribution < -0.4 is 15.4 Å². The Morgan fingerprint density at radius 3 is 2.80 bits per heavy atom. The fraction of sp³-hybridized carbons (Fsp3) is 0.667. The zero-order valence-corrected chi connectivity index (χ0v) is 12.3. The van der Waals surface area contributed by atoms with Crippen molar-refractivity contribution in [2.45, 2.75) is 32.3 Å². The van der Waals surface area contributed by atoms with Gasteiger partial charge in [-0.05, 0) is 31.4 Å². The van der Waals surface area contributed by atoms with Crippen molar-refractivity contribution in [3.05, 3.63) is 12.1 Å². The van der Waals surface area contributed by atoms with Gasteiger partial charge in [-0.25, -0.2) is 0 Å². The van der Waals surface area contributed by atoms with Gasteiger partial charge in [0.05, 0.1) is 18.4 Å². The highest BCUT2D eigenvalue weighted by Crippen LogP contribution is 2.50. The van der Waals surface area contributed by atoms with Gasteiger partial charge in [0.2, 0.25) is 5.88 Å². The molecule has 2 fully saturated rings. The molecule has 1 saturated heterocycles. The van der Waals surface area contributed by atoms with Gasteiger partial charge in [0.15, 0.2) is 0 Å². The van der Waals surface area contributed by atoms with Crippen LogP contribution in [-0.4, -0.2) is 37.9 Å². The van der Waals surface area contributed by atoms with Gasteiger partial charge in [0, 0.05) is 25.6 Å². The molecule has 0 amide bonds. The highest BCUT2D eigenvalue weighted by molar-refractivity contribution is 5.56. The Balaban J connectivity index is 1.62. The van der Waals surface area contributed by atoms with E-state index in [4.69, 9.17) is 15.2 Å². The van der Waals surface area contributed by atoms with Crippen LogP contribution in [0.4, 0.5) is 11.5 Å². The van der Waals surface area contributed by atoms with Gasteiger partial charge in [-0.3, -0.25) is 0 Å². The van der Waals surface area contributed by atoms with Gasteiger partial charge in [-0.15, -0.1) is 0 Å². The molecule has 0 atom stereocenters. The zero-order chi connectivity index (χ0) is 14.2. The normalized spacial score (nSPS) is 20.6. The van der Waals surface area contributed by atoms with E-state index in [9.17, 15) is 0 Å². The molecular formula is C15H23N3O2. The maximum Gasteiger partial charge on any atom is 0.239 e. The van der Waals surface area contributed by atoms with Crippen LogP contribution in [0, 0.1) is 5.41 Å². The van der Waals surface area contributed by atoms with E-state index in [1.807, 2.05) is 12.1 Å². The van der Waals surface area contributed by atoms with E-state index in [-0.39, 0.29) is 0 Å². The third kappa shape index (κ3) is 2.30. The maximum absolute atomic E-state index is 5.89. The van der Waals surface area contributed by atoms with E-state index in [2.05, 4.69) is 16.8 Å². The Labute approximate surface area is 120 Å². The van der Waals surface area contributed by atoms with Crippen molar-refractivity contribution >= 4 is 11.5 Å². The molecule has 1 aliphatic carbocycles. The minimum atomic E-state index is 0.458. The Kier molecular flexibility index (Phi) is 3.46. The van der Waals surface area contributed by atoms with Gasteiger partial charge in [-0.2, -0.15) is 4.98 Å². The second-order valence-corrected chi connectivity index (χ2v) is 6.03. The number of hydrogen-bond acceptors (Lipinski definition) is 5. The summed E-state index contributed by atoms with van der Waals surface area (Å²) in [5.74, 6) is 1.53. The smallest absolute Gasteiger partial charge is 0.239 e. The minimum Gasteiger partial charge on any atom is -0.476 e. The fourth-order valence-corrected chi connectivity index (χ4v) is 3.19. The largest absolute Gasteiger partial charge is 0.476 e. The van der Waals surface area contributed by atoms with E-state index in [1.165, 1.54) is 12.8 Å². The topological polar surface area (TPSA) is 60.6 Å². The molecule has 1 aromatic heterocycles. The van der Waals surface area contributed by atoms with Gasteiger partial charge in [0.1, 0.15) is 5.82 Å². The third-order valence-electron chi connectivity index (χ3n) is 4.35. The number of pyridine rings is 1.